The fourth-order valence-electron chi connectivity index (χ4n) is 2.15. The molecular weight excluding hydrogens is 258 g/mol. The van der Waals surface area contributed by atoms with Crippen LogP contribution in [0.3, 0.4) is 0 Å². The topological polar surface area (TPSA) is 30.5 Å². The summed E-state index contributed by atoms with van der Waals surface area (Å²) < 4.78 is 10.7. The third-order valence-electron chi connectivity index (χ3n) is 3.32. The molecule has 1 unspecified atom stereocenters. The lowest BCUT2D eigenvalue weighted by atomic mass is 10.1. The first-order valence-corrected chi connectivity index (χ1v) is 8.30. The monoisotopic (exact) mass is 281 g/mol. The van der Waals surface area contributed by atoms with Gasteiger partial charge in [-0.25, -0.2) is 0 Å². The Kier molecular flexibility index (Phi) is 5.86. The Morgan fingerprint density at radius 3 is 3.00 bits per heavy atom. The summed E-state index contributed by atoms with van der Waals surface area (Å²) in [5.74, 6) is 2.99. The zero-order chi connectivity index (χ0) is 13.5. The molecule has 1 aliphatic rings. The van der Waals surface area contributed by atoms with E-state index in [0.29, 0.717) is 12.8 Å². The Morgan fingerprint density at radius 2 is 2.16 bits per heavy atom. The molecule has 0 bridgehead atoms. The summed E-state index contributed by atoms with van der Waals surface area (Å²) in [6, 6.07) is 6.80. The summed E-state index contributed by atoms with van der Waals surface area (Å²) in [4.78, 5) is 0. The van der Waals surface area contributed by atoms with Crippen molar-refractivity contribution in [1.29, 1.82) is 0 Å². The lowest BCUT2D eigenvalue weighted by Gasteiger charge is -2.13. The number of hydrogen-bond acceptors (Lipinski definition) is 4. The van der Waals surface area contributed by atoms with Crippen molar-refractivity contribution >= 4 is 11.8 Å². The van der Waals surface area contributed by atoms with Gasteiger partial charge in [0.05, 0.1) is 0 Å². The van der Waals surface area contributed by atoms with E-state index in [0.717, 1.165) is 30.9 Å². The van der Waals surface area contributed by atoms with Gasteiger partial charge in [0.15, 0.2) is 11.5 Å². The number of benzene rings is 1. The van der Waals surface area contributed by atoms with E-state index in [1.165, 1.54) is 17.7 Å². The Hall–Kier alpha value is -0.870. The van der Waals surface area contributed by atoms with Crippen molar-refractivity contribution in [2.45, 2.75) is 32.2 Å². The maximum Gasteiger partial charge on any atom is 0.231 e. The predicted molar refractivity (Wildman–Crippen MR) is 81.3 cm³/mol. The number of fused-ring (bicyclic) bond motifs is 1. The van der Waals surface area contributed by atoms with Crippen molar-refractivity contribution in [2.75, 3.05) is 25.3 Å². The molecule has 0 spiro atoms. The van der Waals surface area contributed by atoms with Gasteiger partial charge in [0.25, 0.3) is 0 Å². The molecule has 1 aromatic carbocycles. The van der Waals surface area contributed by atoms with Crippen LogP contribution in [0.25, 0.3) is 0 Å². The maximum absolute atomic E-state index is 5.40. The van der Waals surface area contributed by atoms with Gasteiger partial charge in [0.2, 0.25) is 6.79 Å². The van der Waals surface area contributed by atoms with Crippen molar-refractivity contribution in [1.82, 2.24) is 5.32 Å². The van der Waals surface area contributed by atoms with Gasteiger partial charge in [-0.05, 0) is 62.4 Å². The van der Waals surface area contributed by atoms with Crippen LogP contribution in [0.5, 0.6) is 11.5 Å². The van der Waals surface area contributed by atoms with Gasteiger partial charge in [-0.3, -0.25) is 0 Å². The van der Waals surface area contributed by atoms with Crippen LogP contribution in [0.1, 0.15) is 25.3 Å². The molecule has 19 heavy (non-hydrogen) atoms. The minimum Gasteiger partial charge on any atom is -0.454 e. The molecule has 1 N–H and O–H groups in total. The molecule has 0 radical (unpaired) electrons. The molecule has 106 valence electrons. The first kappa shape index (κ1) is 14.5. The second-order valence-electron chi connectivity index (χ2n) is 4.93. The first-order valence-electron chi connectivity index (χ1n) is 6.90. The Bertz CT molecular complexity index is 398. The molecule has 1 heterocycles. The van der Waals surface area contributed by atoms with Gasteiger partial charge >= 0.3 is 0 Å². The zero-order valence-electron chi connectivity index (χ0n) is 11.8. The van der Waals surface area contributed by atoms with E-state index in [1.807, 2.05) is 17.8 Å². The molecule has 0 saturated carbocycles. The lowest BCUT2D eigenvalue weighted by Crippen LogP contribution is -2.27. The van der Waals surface area contributed by atoms with Crippen LogP contribution in [-0.2, 0) is 6.42 Å². The lowest BCUT2D eigenvalue weighted by molar-refractivity contribution is 0.174. The summed E-state index contributed by atoms with van der Waals surface area (Å²) in [5.41, 5.74) is 1.32. The third kappa shape index (κ3) is 4.62. The van der Waals surface area contributed by atoms with Crippen LogP contribution < -0.4 is 14.8 Å². The molecule has 1 aliphatic heterocycles. The smallest absolute Gasteiger partial charge is 0.231 e. The SMILES string of the molecule is CSCCCNC(C)CCc1ccc2c(c1)OCO2. The highest BCUT2D eigenvalue weighted by Crippen LogP contribution is 2.32. The quantitative estimate of drug-likeness (QED) is 0.742. The highest BCUT2D eigenvalue weighted by molar-refractivity contribution is 7.98. The number of rotatable bonds is 8. The van der Waals surface area contributed by atoms with Crippen molar-refractivity contribution in [3.63, 3.8) is 0 Å². The molecule has 1 aromatic rings. The maximum atomic E-state index is 5.40. The molecule has 0 fully saturated rings. The van der Waals surface area contributed by atoms with Crippen LogP contribution in [0.15, 0.2) is 18.2 Å². The molecule has 4 heteroatoms. The Labute approximate surface area is 120 Å². The first-order chi connectivity index (χ1) is 9.29. The third-order valence-corrected chi connectivity index (χ3v) is 4.02. The molecule has 2 rings (SSSR count). The predicted octanol–water partition coefficient (Wildman–Crippen LogP) is 3.08. The van der Waals surface area contributed by atoms with E-state index in [4.69, 9.17) is 9.47 Å². The highest BCUT2D eigenvalue weighted by Gasteiger charge is 2.13. The van der Waals surface area contributed by atoms with Gasteiger partial charge in [0.1, 0.15) is 0 Å². The van der Waals surface area contributed by atoms with Gasteiger partial charge < -0.3 is 14.8 Å². The van der Waals surface area contributed by atoms with Gasteiger partial charge in [0, 0.05) is 6.04 Å². The fourth-order valence-corrected chi connectivity index (χ4v) is 2.58. The van der Waals surface area contributed by atoms with Crippen LogP contribution in [0.2, 0.25) is 0 Å². The van der Waals surface area contributed by atoms with Gasteiger partial charge in [-0.2, -0.15) is 11.8 Å². The van der Waals surface area contributed by atoms with Crippen molar-refractivity contribution in [3.05, 3.63) is 23.8 Å². The Morgan fingerprint density at radius 1 is 1.32 bits per heavy atom. The average molecular weight is 281 g/mol. The van der Waals surface area contributed by atoms with Crippen LogP contribution in [-0.4, -0.2) is 31.4 Å². The van der Waals surface area contributed by atoms with Crippen LogP contribution in [0, 0.1) is 0 Å². The van der Waals surface area contributed by atoms with Crippen LogP contribution in [0.4, 0.5) is 0 Å². The van der Waals surface area contributed by atoms with E-state index >= 15 is 0 Å². The second kappa shape index (κ2) is 7.65. The minimum absolute atomic E-state index is 0.353. The Balaban J connectivity index is 1.70. The van der Waals surface area contributed by atoms with E-state index < -0.39 is 0 Å². The van der Waals surface area contributed by atoms with E-state index in [9.17, 15) is 0 Å². The average Bonchev–Trinajstić information content (AvgIpc) is 2.89. The number of nitrogens with one attached hydrogen (secondary N) is 1. The number of hydrogen-bond donors (Lipinski definition) is 1. The van der Waals surface area contributed by atoms with Crippen LogP contribution >= 0.6 is 11.8 Å². The molecule has 0 aromatic heterocycles. The van der Waals surface area contributed by atoms with E-state index in [2.05, 4.69) is 30.6 Å². The standard InChI is InChI=1S/C15H23NO2S/c1-12(16-8-3-9-19-2)4-5-13-6-7-14-15(10-13)18-11-17-14/h6-7,10,12,16H,3-5,8-9,11H2,1-2H3. The summed E-state index contributed by atoms with van der Waals surface area (Å²) in [5, 5.41) is 3.57. The van der Waals surface area contributed by atoms with Gasteiger partial charge in [-0.15, -0.1) is 0 Å². The summed E-state index contributed by atoms with van der Waals surface area (Å²) in [7, 11) is 0. The summed E-state index contributed by atoms with van der Waals surface area (Å²) in [6.07, 6.45) is 5.63. The van der Waals surface area contributed by atoms with Gasteiger partial charge in [-0.1, -0.05) is 6.07 Å². The van der Waals surface area contributed by atoms with E-state index in [-0.39, 0.29) is 0 Å². The largest absolute Gasteiger partial charge is 0.454 e. The molecule has 0 aliphatic carbocycles. The summed E-state index contributed by atoms with van der Waals surface area (Å²) >= 11 is 1.91. The number of thioether (sulfide) groups is 1. The van der Waals surface area contributed by atoms with Crippen molar-refractivity contribution < 1.29 is 9.47 Å². The van der Waals surface area contributed by atoms with Crippen molar-refractivity contribution in [3.8, 4) is 11.5 Å². The van der Waals surface area contributed by atoms with Crippen molar-refractivity contribution in [2.24, 2.45) is 0 Å². The summed E-state index contributed by atoms with van der Waals surface area (Å²) in [6.45, 7) is 3.72. The molecule has 1 atom stereocenters. The molecular formula is C15H23NO2S. The highest BCUT2D eigenvalue weighted by atomic mass is 32.2. The molecule has 3 nitrogen and oxygen atoms in total. The second-order valence-corrected chi connectivity index (χ2v) is 5.91. The zero-order valence-corrected chi connectivity index (χ0v) is 12.6. The van der Waals surface area contributed by atoms with E-state index in [1.54, 1.807) is 0 Å². The molecule has 0 amide bonds. The molecule has 0 saturated heterocycles. The normalized spacial score (nSPS) is 14.6. The number of ether oxygens (including phenoxy) is 2. The fraction of sp³-hybridized carbons (Fsp3) is 0.600. The minimum atomic E-state index is 0.353. The number of aryl methyl sites for hydroxylation is 1.